The van der Waals surface area contributed by atoms with Crippen LogP contribution in [0.1, 0.15) is 5.56 Å². The van der Waals surface area contributed by atoms with Crippen molar-refractivity contribution >= 4 is 8.32 Å². The van der Waals surface area contributed by atoms with E-state index in [-0.39, 0.29) is 0 Å². The SMILES string of the molecule is CN(C)CCOc1cc(CO[Si](C)(C)C)cc(OCCN(C)C)c1. The Morgan fingerprint density at radius 2 is 1.25 bits per heavy atom. The van der Waals surface area contributed by atoms with Crippen LogP contribution in [-0.2, 0) is 11.0 Å². The van der Waals surface area contributed by atoms with Gasteiger partial charge in [0.25, 0.3) is 0 Å². The van der Waals surface area contributed by atoms with Gasteiger partial charge in [0.15, 0.2) is 8.32 Å². The first-order valence-electron chi connectivity index (χ1n) is 8.49. The lowest BCUT2D eigenvalue weighted by atomic mass is 10.2. The summed E-state index contributed by atoms with van der Waals surface area (Å²) in [5, 5.41) is 0. The summed E-state index contributed by atoms with van der Waals surface area (Å²) in [6.45, 7) is 10.3. The lowest BCUT2D eigenvalue weighted by Crippen LogP contribution is -2.25. The van der Waals surface area contributed by atoms with Gasteiger partial charge in [-0.2, -0.15) is 0 Å². The number of nitrogens with zero attached hydrogens (tertiary/aromatic N) is 2. The highest BCUT2D eigenvalue weighted by molar-refractivity contribution is 6.69. The summed E-state index contributed by atoms with van der Waals surface area (Å²) in [5.41, 5.74) is 1.10. The van der Waals surface area contributed by atoms with E-state index in [0.29, 0.717) is 19.8 Å². The molecular weight excluding hydrogens is 320 g/mol. The minimum absolute atomic E-state index is 0.602. The van der Waals surface area contributed by atoms with E-state index in [1.807, 2.05) is 34.3 Å². The largest absolute Gasteiger partial charge is 0.492 e. The monoisotopic (exact) mass is 354 g/mol. The number of rotatable bonds is 11. The zero-order chi connectivity index (χ0) is 18.2. The number of hydrogen-bond acceptors (Lipinski definition) is 5. The molecule has 0 bridgehead atoms. The molecule has 0 fully saturated rings. The van der Waals surface area contributed by atoms with Crippen molar-refractivity contribution in [1.82, 2.24) is 9.80 Å². The Morgan fingerprint density at radius 3 is 1.62 bits per heavy atom. The van der Waals surface area contributed by atoms with Crippen LogP contribution in [0.25, 0.3) is 0 Å². The molecule has 0 saturated heterocycles. The van der Waals surface area contributed by atoms with Gasteiger partial charge in [-0.05, 0) is 65.5 Å². The maximum Gasteiger partial charge on any atom is 0.184 e. The van der Waals surface area contributed by atoms with Gasteiger partial charge in [0.1, 0.15) is 24.7 Å². The fourth-order valence-electron chi connectivity index (χ4n) is 1.87. The molecule has 0 heterocycles. The fraction of sp³-hybridized carbons (Fsp3) is 0.667. The molecule has 24 heavy (non-hydrogen) atoms. The maximum absolute atomic E-state index is 6.02. The lowest BCUT2D eigenvalue weighted by molar-refractivity contribution is 0.248. The molecule has 0 saturated carbocycles. The molecule has 0 amide bonds. The number of ether oxygens (including phenoxy) is 2. The summed E-state index contributed by atoms with van der Waals surface area (Å²) >= 11 is 0. The van der Waals surface area contributed by atoms with Gasteiger partial charge in [-0.1, -0.05) is 0 Å². The topological polar surface area (TPSA) is 34.2 Å². The zero-order valence-corrected chi connectivity index (χ0v) is 17.4. The number of benzene rings is 1. The molecule has 0 unspecified atom stereocenters. The van der Waals surface area contributed by atoms with E-state index in [4.69, 9.17) is 13.9 Å². The van der Waals surface area contributed by atoms with E-state index in [9.17, 15) is 0 Å². The van der Waals surface area contributed by atoms with Gasteiger partial charge >= 0.3 is 0 Å². The van der Waals surface area contributed by atoms with Crippen molar-refractivity contribution in [3.8, 4) is 11.5 Å². The zero-order valence-electron chi connectivity index (χ0n) is 16.4. The Balaban J connectivity index is 2.75. The Morgan fingerprint density at radius 1 is 0.792 bits per heavy atom. The van der Waals surface area contributed by atoms with Crippen LogP contribution in [0.5, 0.6) is 11.5 Å². The number of hydrogen-bond donors (Lipinski definition) is 0. The van der Waals surface area contributed by atoms with E-state index in [1.165, 1.54) is 0 Å². The van der Waals surface area contributed by atoms with Crippen LogP contribution in [0.2, 0.25) is 19.6 Å². The third-order valence-corrected chi connectivity index (χ3v) is 4.24. The van der Waals surface area contributed by atoms with Gasteiger partial charge in [-0.15, -0.1) is 0 Å². The molecule has 138 valence electrons. The highest BCUT2D eigenvalue weighted by Gasteiger charge is 2.15. The van der Waals surface area contributed by atoms with Gasteiger partial charge in [0.05, 0.1) is 6.61 Å². The molecule has 0 spiro atoms. The van der Waals surface area contributed by atoms with Crippen molar-refractivity contribution in [2.45, 2.75) is 26.2 Å². The average Bonchev–Trinajstić information content (AvgIpc) is 2.43. The van der Waals surface area contributed by atoms with Crippen molar-refractivity contribution in [3.63, 3.8) is 0 Å². The first-order valence-corrected chi connectivity index (χ1v) is 11.9. The fourth-order valence-corrected chi connectivity index (χ4v) is 2.47. The van der Waals surface area contributed by atoms with Gasteiger partial charge in [-0.3, -0.25) is 0 Å². The molecule has 0 aliphatic heterocycles. The normalized spacial score (nSPS) is 12.0. The van der Waals surface area contributed by atoms with E-state index >= 15 is 0 Å². The van der Waals surface area contributed by atoms with Crippen LogP contribution in [0.3, 0.4) is 0 Å². The van der Waals surface area contributed by atoms with Crippen LogP contribution in [0.4, 0.5) is 0 Å². The van der Waals surface area contributed by atoms with E-state index in [2.05, 4.69) is 41.6 Å². The summed E-state index contributed by atoms with van der Waals surface area (Å²) in [6.07, 6.45) is 0. The van der Waals surface area contributed by atoms with E-state index in [1.54, 1.807) is 0 Å². The summed E-state index contributed by atoms with van der Waals surface area (Å²) in [7, 11) is 6.61. The standard InChI is InChI=1S/C18H34N2O3Si/c1-19(2)8-10-21-17-12-16(15-23-24(5,6)7)13-18(14-17)22-11-9-20(3)4/h12-14H,8-11,15H2,1-7H3. The highest BCUT2D eigenvalue weighted by Crippen LogP contribution is 2.24. The minimum Gasteiger partial charge on any atom is -0.492 e. The summed E-state index contributed by atoms with van der Waals surface area (Å²) < 4.78 is 17.8. The van der Waals surface area contributed by atoms with Crippen molar-refractivity contribution in [1.29, 1.82) is 0 Å². The summed E-state index contributed by atoms with van der Waals surface area (Å²) in [4.78, 5) is 4.21. The molecule has 1 aromatic carbocycles. The van der Waals surface area contributed by atoms with Crippen LogP contribution >= 0.6 is 0 Å². The third-order valence-electron chi connectivity index (χ3n) is 3.23. The van der Waals surface area contributed by atoms with Gasteiger partial charge in [-0.25, -0.2) is 0 Å². The molecule has 1 rings (SSSR count). The minimum atomic E-state index is -1.55. The quantitative estimate of drug-likeness (QED) is 0.571. The molecule has 0 aliphatic rings. The van der Waals surface area contributed by atoms with Crippen molar-refractivity contribution in [2.24, 2.45) is 0 Å². The van der Waals surface area contributed by atoms with Crippen LogP contribution < -0.4 is 9.47 Å². The molecule has 0 N–H and O–H groups in total. The summed E-state index contributed by atoms with van der Waals surface area (Å²) in [6, 6.07) is 6.06. The molecule has 0 aliphatic carbocycles. The Hall–Kier alpha value is -1.08. The molecule has 5 nitrogen and oxygen atoms in total. The second kappa shape index (κ2) is 10.0. The van der Waals surface area contributed by atoms with Crippen LogP contribution in [0, 0.1) is 0 Å². The first-order chi connectivity index (χ1) is 11.2. The molecule has 0 aromatic heterocycles. The predicted molar refractivity (Wildman–Crippen MR) is 103 cm³/mol. The first kappa shape index (κ1) is 21.0. The van der Waals surface area contributed by atoms with Crippen molar-refractivity contribution in [3.05, 3.63) is 23.8 Å². The van der Waals surface area contributed by atoms with Gasteiger partial charge in [0, 0.05) is 19.2 Å². The second-order valence-corrected chi connectivity index (χ2v) is 12.0. The van der Waals surface area contributed by atoms with E-state index in [0.717, 1.165) is 30.2 Å². The second-order valence-electron chi connectivity index (χ2n) is 7.52. The molecule has 1 aromatic rings. The van der Waals surface area contributed by atoms with Crippen LogP contribution in [-0.4, -0.2) is 72.6 Å². The van der Waals surface area contributed by atoms with Crippen molar-refractivity contribution in [2.75, 3.05) is 54.5 Å². The van der Waals surface area contributed by atoms with Gasteiger partial charge < -0.3 is 23.7 Å². The highest BCUT2D eigenvalue weighted by atomic mass is 28.4. The smallest absolute Gasteiger partial charge is 0.184 e. The van der Waals surface area contributed by atoms with E-state index < -0.39 is 8.32 Å². The van der Waals surface area contributed by atoms with Crippen LogP contribution in [0.15, 0.2) is 18.2 Å². The average molecular weight is 355 g/mol. The third kappa shape index (κ3) is 9.92. The Bertz CT molecular complexity index is 455. The molecular formula is C18H34N2O3Si. The number of likely N-dealkylation sites (N-methyl/N-ethyl adjacent to an activating group) is 2. The predicted octanol–water partition coefficient (Wildman–Crippen LogP) is 2.92. The summed E-state index contributed by atoms with van der Waals surface area (Å²) in [5.74, 6) is 1.68. The molecule has 6 heteroatoms. The Kier molecular flexibility index (Phi) is 8.76. The molecule has 0 radical (unpaired) electrons. The lowest BCUT2D eigenvalue weighted by Gasteiger charge is -2.19. The molecule has 0 atom stereocenters. The van der Waals surface area contributed by atoms with Gasteiger partial charge in [0.2, 0.25) is 0 Å². The maximum atomic E-state index is 6.02. The van der Waals surface area contributed by atoms with Crippen molar-refractivity contribution < 1.29 is 13.9 Å². The Labute approximate surface area is 148 Å².